The second-order valence-corrected chi connectivity index (χ2v) is 5.10. The van der Waals surface area contributed by atoms with Crippen molar-refractivity contribution in [2.75, 3.05) is 5.43 Å². The fourth-order valence-corrected chi connectivity index (χ4v) is 2.22. The number of rotatable bonds is 4. The SMILES string of the molecule is O=C(C=Cc1cccc([N+](=O)[O-])c1)Nn1cnc2ccccc2c1=O. The van der Waals surface area contributed by atoms with Gasteiger partial charge in [0.05, 0.1) is 15.8 Å². The van der Waals surface area contributed by atoms with Crippen molar-refractivity contribution in [1.82, 2.24) is 9.66 Å². The summed E-state index contributed by atoms with van der Waals surface area (Å²) in [5, 5.41) is 11.1. The number of fused-ring (bicyclic) bond motifs is 1. The summed E-state index contributed by atoms with van der Waals surface area (Å²) in [4.78, 5) is 38.6. The Balaban J connectivity index is 1.79. The molecule has 0 bridgehead atoms. The first-order chi connectivity index (χ1) is 12.0. The van der Waals surface area contributed by atoms with Crippen molar-refractivity contribution in [3.63, 3.8) is 0 Å². The van der Waals surface area contributed by atoms with Crippen molar-refractivity contribution in [2.45, 2.75) is 0 Å². The van der Waals surface area contributed by atoms with Crippen molar-refractivity contribution >= 4 is 28.6 Å². The Morgan fingerprint density at radius 1 is 1.20 bits per heavy atom. The molecule has 0 atom stereocenters. The number of carbonyl (C=O) groups is 1. The number of nitro groups is 1. The van der Waals surface area contributed by atoms with Gasteiger partial charge in [-0.05, 0) is 23.8 Å². The third-order valence-electron chi connectivity index (χ3n) is 3.40. The van der Waals surface area contributed by atoms with Gasteiger partial charge in [-0.15, -0.1) is 0 Å². The van der Waals surface area contributed by atoms with E-state index >= 15 is 0 Å². The highest BCUT2D eigenvalue weighted by Gasteiger charge is 2.06. The van der Waals surface area contributed by atoms with Crippen LogP contribution in [-0.4, -0.2) is 20.5 Å². The normalized spacial score (nSPS) is 10.9. The fourth-order valence-electron chi connectivity index (χ4n) is 2.22. The molecule has 3 aromatic rings. The summed E-state index contributed by atoms with van der Waals surface area (Å²) in [5.74, 6) is -0.564. The third-order valence-corrected chi connectivity index (χ3v) is 3.40. The number of hydrogen-bond acceptors (Lipinski definition) is 5. The van der Waals surface area contributed by atoms with E-state index in [0.29, 0.717) is 16.5 Å². The molecule has 0 saturated carbocycles. The molecule has 0 saturated heterocycles. The van der Waals surface area contributed by atoms with Gasteiger partial charge in [0.15, 0.2) is 0 Å². The Morgan fingerprint density at radius 2 is 2.00 bits per heavy atom. The second-order valence-electron chi connectivity index (χ2n) is 5.10. The molecule has 0 aliphatic rings. The standard InChI is InChI=1S/C17H12N4O4/c22-16(9-8-12-4-3-5-13(10-12)21(24)25)19-20-11-18-15-7-2-1-6-14(15)17(20)23/h1-11H,(H,19,22). The van der Waals surface area contributed by atoms with Crippen LogP contribution in [0.1, 0.15) is 5.56 Å². The zero-order valence-electron chi connectivity index (χ0n) is 12.8. The minimum absolute atomic E-state index is 0.0718. The fraction of sp³-hybridized carbons (Fsp3) is 0. The average Bonchev–Trinajstić information content (AvgIpc) is 2.63. The van der Waals surface area contributed by atoms with Crippen molar-refractivity contribution < 1.29 is 9.72 Å². The van der Waals surface area contributed by atoms with Crippen LogP contribution in [0.3, 0.4) is 0 Å². The zero-order chi connectivity index (χ0) is 17.8. The van der Waals surface area contributed by atoms with Gasteiger partial charge in [0.2, 0.25) is 0 Å². The number of para-hydroxylation sites is 1. The van der Waals surface area contributed by atoms with Crippen molar-refractivity contribution in [2.24, 2.45) is 0 Å². The quantitative estimate of drug-likeness (QED) is 0.446. The van der Waals surface area contributed by atoms with Gasteiger partial charge in [-0.1, -0.05) is 24.3 Å². The van der Waals surface area contributed by atoms with E-state index in [4.69, 9.17) is 0 Å². The van der Waals surface area contributed by atoms with Crippen LogP contribution >= 0.6 is 0 Å². The predicted octanol–water partition coefficient (Wildman–Crippen LogP) is 2.09. The Hall–Kier alpha value is -3.81. The summed E-state index contributed by atoms with van der Waals surface area (Å²) in [6.07, 6.45) is 3.83. The van der Waals surface area contributed by atoms with Crippen LogP contribution in [0.15, 0.2) is 65.7 Å². The molecule has 0 fully saturated rings. The third kappa shape index (κ3) is 3.58. The molecule has 25 heavy (non-hydrogen) atoms. The molecule has 2 aromatic carbocycles. The molecular weight excluding hydrogens is 324 g/mol. The molecule has 0 aliphatic carbocycles. The van der Waals surface area contributed by atoms with Crippen molar-refractivity contribution in [1.29, 1.82) is 0 Å². The van der Waals surface area contributed by atoms with Gasteiger partial charge in [-0.3, -0.25) is 25.1 Å². The number of carbonyl (C=O) groups excluding carboxylic acids is 1. The van der Waals surface area contributed by atoms with Crippen molar-refractivity contribution in [3.05, 3.63) is 87.0 Å². The topological polar surface area (TPSA) is 107 Å². The van der Waals surface area contributed by atoms with E-state index in [1.165, 1.54) is 36.7 Å². The number of nitrogens with one attached hydrogen (secondary N) is 1. The van der Waals surface area contributed by atoms with E-state index in [1.54, 1.807) is 30.3 Å². The van der Waals surface area contributed by atoms with Crippen LogP contribution in [0.5, 0.6) is 0 Å². The Bertz CT molecular complexity index is 1060. The zero-order valence-corrected chi connectivity index (χ0v) is 12.8. The lowest BCUT2D eigenvalue weighted by atomic mass is 10.2. The molecule has 0 aliphatic heterocycles. The minimum Gasteiger partial charge on any atom is -0.268 e. The molecule has 1 N–H and O–H groups in total. The monoisotopic (exact) mass is 336 g/mol. The van der Waals surface area contributed by atoms with E-state index in [2.05, 4.69) is 10.4 Å². The smallest absolute Gasteiger partial charge is 0.268 e. The second kappa shape index (κ2) is 6.75. The lowest BCUT2D eigenvalue weighted by molar-refractivity contribution is -0.384. The Labute approximate surface area is 141 Å². The van der Waals surface area contributed by atoms with Crippen LogP contribution in [0.4, 0.5) is 5.69 Å². The lowest BCUT2D eigenvalue weighted by Gasteiger charge is -2.06. The predicted molar refractivity (Wildman–Crippen MR) is 92.5 cm³/mol. The Kier molecular flexibility index (Phi) is 4.34. The molecule has 8 nitrogen and oxygen atoms in total. The maximum atomic E-state index is 12.3. The van der Waals surface area contributed by atoms with Crippen LogP contribution in [-0.2, 0) is 4.79 Å². The molecule has 1 aromatic heterocycles. The first-order valence-electron chi connectivity index (χ1n) is 7.24. The van der Waals surface area contributed by atoms with Crippen molar-refractivity contribution in [3.8, 4) is 0 Å². The van der Waals surface area contributed by atoms with Gasteiger partial charge >= 0.3 is 0 Å². The summed E-state index contributed by atoms with van der Waals surface area (Å²) in [5.41, 5.74) is 2.95. The van der Waals surface area contributed by atoms with Gasteiger partial charge < -0.3 is 0 Å². The summed E-state index contributed by atoms with van der Waals surface area (Å²) >= 11 is 0. The van der Waals surface area contributed by atoms with E-state index in [-0.39, 0.29) is 5.69 Å². The number of nitro benzene ring substituents is 1. The molecule has 3 rings (SSSR count). The summed E-state index contributed by atoms with van der Waals surface area (Å²) in [6.45, 7) is 0. The van der Waals surface area contributed by atoms with E-state index in [0.717, 1.165) is 4.68 Å². The number of hydrogen-bond donors (Lipinski definition) is 1. The van der Waals surface area contributed by atoms with E-state index < -0.39 is 16.4 Å². The Morgan fingerprint density at radius 3 is 2.80 bits per heavy atom. The maximum absolute atomic E-state index is 12.3. The molecule has 1 heterocycles. The number of benzene rings is 2. The first-order valence-corrected chi connectivity index (χ1v) is 7.24. The van der Waals surface area contributed by atoms with Gasteiger partial charge in [0.25, 0.3) is 17.2 Å². The maximum Gasteiger partial charge on any atom is 0.280 e. The van der Waals surface area contributed by atoms with Gasteiger partial charge in [0.1, 0.15) is 6.33 Å². The average molecular weight is 336 g/mol. The van der Waals surface area contributed by atoms with Crippen LogP contribution in [0, 0.1) is 10.1 Å². The van der Waals surface area contributed by atoms with Gasteiger partial charge in [0, 0.05) is 18.2 Å². The first kappa shape index (κ1) is 16.1. The van der Waals surface area contributed by atoms with Gasteiger partial charge in [-0.25, -0.2) is 9.66 Å². The highest BCUT2D eigenvalue weighted by atomic mass is 16.6. The number of non-ortho nitro benzene ring substituents is 1. The molecule has 0 spiro atoms. The van der Waals surface area contributed by atoms with E-state index in [1.807, 2.05) is 0 Å². The molecule has 1 amide bonds. The van der Waals surface area contributed by atoms with E-state index in [9.17, 15) is 19.7 Å². The lowest BCUT2D eigenvalue weighted by Crippen LogP contribution is -2.32. The summed E-state index contributed by atoms with van der Waals surface area (Å²) < 4.78 is 0.989. The molecule has 0 radical (unpaired) electrons. The molecule has 0 unspecified atom stereocenters. The highest BCUT2D eigenvalue weighted by Crippen LogP contribution is 2.14. The molecule has 8 heteroatoms. The highest BCUT2D eigenvalue weighted by molar-refractivity contribution is 5.97. The minimum atomic E-state index is -0.564. The largest absolute Gasteiger partial charge is 0.280 e. The van der Waals surface area contributed by atoms with Crippen LogP contribution < -0.4 is 11.0 Å². The number of nitrogens with zero attached hydrogens (tertiary/aromatic N) is 3. The summed E-state index contributed by atoms with van der Waals surface area (Å²) in [7, 11) is 0. The number of amides is 1. The molecule has 124 valence electrons. The summed E-state index contributed by atoms with van der Waals surface area (Å²) in [6, 6.07) is 12.6. The van der Waals surface area contributed by atoms with Gasteiger partial charge in [-0.2, -0.15) is 0 Å². The van der Waals surface area contributed by atoms with Crippen LogP contribution in [0.25, 0.3) is 17.0 Å². The van der Waals surface area contributed by atoms with Crippen LogP contribution in [0.2, 0.25) is 0 Å². The molecular formula is C17H12N4O4. The number of aromatic nitrogens is 2.